The van der Waals surface area contributed by atoms with Gasteiger partial charge in [-0.1, -0.05) is 12.1 Å². The fraction of sp³-hybridized carbons (Fsp3) is 0.0909. The third-order valence-electron chi connectivity index (χ3n) is 1.87. The number of hydrogen-bond donors (Lipinski definition) is 0. The number of rotatable bonds is 2. The maximum Gasteiger partial charge on any atom is 0.573 e. The first-order valence-corrected chi connectivity index (χ1v) is 4.44. The van der Waals surface area contributed by atoms with E-state index in [1.165, 1.54) is 24.5 Å². The van der Waals surface area contributed by atoms with Crippen LogP contribution in [-0.2, 0) is 0 Å². The van der Waals surface area contributed by atoms with E-state index in [1.807, 2.05) is 0 Å². The molecule has 0 saturated heterocycles. The largest absolute Gasteiger partial charge is 0.573 e. The van der Waals surface area contributed by atoms with Gasteiger partial charge in [-0.2, -0.15) is 0 Å². The van der Waals surface area contributed by atoms with Gasteiger partial charge in [0.1, 0.15) is 11.5 Å². The Bertz CT molecular complexity index is 460. The van der Waals surface area contributed by atoms with Gasteiger partial charge in [0.15, 0.2) is 0 Å². The molecule has 2 nitrogen and oxygen atoms in total. The Morgan fingerprint density at radius 1 is 1.06 bits per heavy atom. The van der Waals surface area contributed by atoms with E-state index in [4.69, 9.17) is 4.42 Å². The summed E-state index contributed by atoms with van der Waals surface area (Å²) in [5.74, 6) is 0.231. The highest BCUT2D eigenvalue weighted by Crippen LogP contribution is 2.27. The third kappa shape index (κ3) is 2.56. The van der Waals surface area contributed by atoms with Crippen molar-refractivity contribution in [3.63, 3.8) is 0 Å². The molecule has 0 spiro atoms. The van der Waals surface area contributed by atoms with Crippen molar-refractivity contribution >= 4 is 0 Å². The van der Waals surface area contributed by atoms with Gasteiger partial charge in [-0.05, 0) is 24.3 Å². The van der Waals surface area contributed by atoms with Crippen LogP contribution in [0.5, 0.6) is 5.75 Å². The summed E-state index contributed by atoms with van der Waals surface area (Å²) in [5.41, 5.74) is 0.534. The summed E-state index contributed by atoms with van der Waals surface area (Å²) in [7, 11) is 0. The average Bonchev–Trinajstić information content (AvgIpc) is 2.68. The molecule has 0 unspecified atom stereocenters. The van der Waals surface area contributed by atoms with E-state index in [2.05, 4.69) is 4.74 Å². The molecule has 0 aliphatic rings. The Kier molecular flexibility index (Phi) is 2.60. The van der Waals surface area contributed by atoms with Gasteiger partial charge in [-0.3, -0.25) is 0 Å². The highest BCUT2D eigenvalue weighted by atomic mass is 19.4. The van der Waals surface area contributed by atoms with Crippen LogP contribution in [0.15, 0.2) is 47.1 Å². The standard InChI is InChI=1S/C11H7F3O2/c12-11(13,14)16-9-4-1-3-8(7-9)10-5-2-6-15-10/h1-7H. The first-order valence-electron chi connectivity index (χ1n) is 4.44. The number of alkyl halides is 3. The fourth-order valence-electron chi connectivity index (χ4n) is 1.29. The Balaban J connectivity index is 2.27. The highest BCUT2D eigenvalue weighted by molar-refractivity contribution is 5.59. The van der Waals surface area contributed by atoms with E-state index >= 15 is 0 Å². The van der Waals surface area contributed by atoms with E-state index in [1.54, 1.807) is 18.2 Å². The van der Waals surface area contributed by atoms with Crippen molar-refractivity contribution < 1.29 is 22.3 Å². The highest BCUT2D eigenvalue weighted by Gasteiger charge is 2.31. The van der Waals surface area contributed by atoms with Crippen LogP contribution >= 0.6 is 0 Å². The van der Waals surface area contributed by atoms with Crippen molar-refractivity contribution in [3.8, 4) is 17.1 Å². The van der Waals surface area contributed by atoms with Crippen molar-refractivity contribution in [3.05, 3.63) is 42.7 Å². The molecule has 0 aliphatic heterocycles. The quantitative estimate of drug-likeness (QED) is 0.779. The summed E-state index contributed by atoms with van der Waals surface area (Å²) in [6.45, 7) is 0. The summed E-state index contributed by atoms with van der Waals surface area (Å²) in [6.07, 6.45) is -3.23. The zero-order valence-electron chi connectivity index (χ0n) is 7.99. The molecule has 2 aromatic rings. The molecule has 0 N–H and O–H groups in total. The molecule has 0 amide bonds. The monoisotopic (exact) mass is 228 g/mol. The Hall–Kier alpha value is -1.91. The summed E-state index contributed by atoms with van der Waals surface area (Å²) >= 11 is 0. The minimum absolute atomic E-state index is 0.263. The van der Waals surface area contributed by atoms with Gasteiger partial charge in [0.2, 0.25) is 0 Å². The SMILES string of the molecule is FC(F)(F)Oc1cccc(-c2ccco2)c1. The van der Waals surface area contributed by atoms with Gasteiger partial charge in [-0.15, -0.1) is 13.2 Å². The molecule has 5 heteroatoms. The van der Waals surface area contributed by atoms with Crippen LogP contribution in [0.25, 0.3) is 11.3 Å². The lowest BCUT2D eigenvalue weighted by molar-refractivity contribution is -0.274. The summed E-state index contributed by atoms with van der Waals surface area (Å²) in [6, 6.07) is 8.94. The second-order valence-electron chi connectivity index (χ2n) is 3.05. The van der Waals surface area contributed by atoms with Gasteiger partial charge < -0.3 is 9.15 Å². The molecule has 84 valence electrons. The van der Waals surface area contributed by atoms with Crippen molar-refractivity contribution in [1.82, 2.24) is 0 Å². The molecule has 0 fully saturated rings. The zero-order chi connectivity index (χ0) is 11.6. The van der Waals surface area contributed by atoms with Crippen LogP contribution in [0.2, 0.25) is 0 Å². The topological polar surface area (TPSA) is 22.4 Å². The predicted octanol–water partition coefficient (Wildman–Crippen LogP) is 3.85. The average molecular weight is 228 g/mol. The first-order chi connectivity index (χ1) is 7.54. The molecule has 0 bridgehead atoms. The molecule has 0 atom stereocenters. The summed E-state index contributed by atoms with van der Waals surface area (Å²) in [5, 5.41) is 0. The van der Waals surface area contributed by atoms with E-state index < -0.39 is 6.36 Å². The molecular weight excluding hydrogens is 221 g/mol. The van der Waals surface area contributed by atoms with E-state index in [9.17, 15) is 13.2 Å². The van der Waals surface area contributed by atoms with Gasteiger partial charge in [-0.25, -0.2) is 0 Å². The molecule has 0 aliphatic carbocycles. The number of furan rings is 1. The van der Waals surface area contributed by atoms with Crippen molar-refractivity contribution in [2.75, 3.05) is 0 Å². The number of benzene rings is 1. The van der Waals surface area contributed by atoms with E-state index in [0.29, 0.717) is 11.3 Å². The number of halogens is 3. The summed E-state index contributed by atoms with van der Waals surface area (Å²) in [4.78, 5) is 0. The molecule has 2 rings (SSSR count). The molecule has 0 radical (unpaired) electrons. The van der Waals surface area contributed by atoms with Crippen LogP contribution in [0.4, 0.5) is 13.2 Å². The lowest BCUT2D eigenvalue weighted by Crippen LogP contribution is -2.17. The minimum atomic E-state index is -4.68. The molecule has 1 heterocycles. The molecule has 1 aromatic heterocycles. The van der Waals surface area contributed by atoms with Crippen LogP contribution in [-0.4, -0.2) is 6.36 Å². The minimum Gasteiger partial charge on any atom is -0.464 e. The maximum absolute atomic E-state index is 12.0. The van der Waals surface area contributed by atoms with Crippen molar-refractivity contribution in [1.29, 1.82) is 0 Å². The van der Waals surface area contributed by atoms with Crippen LogP contribution in [0, 0.1) is 0 Å². The van der Waals surface area contributed by atoms with Gasteiger partial charge in [0.25, 0.3) is 0 Å². The number of hydrogen-bond acceptors (Lipinski definition) is 2. The van der Waals surface area contributed by atoms with Crippen LogP contribution in [0.3, 0.4) is 0 Å². The molecule has 16 heavy (non-hydrogen) atoms. The Morgan fingerprint density at radius 2 is 1.88 bits per heavy atom. The van der Waals surface area contributed by atoms with Crippen LogP contribution < -0.4 is 4.74 Å². The zero-order valence-corrected chi connectivity index (χ0v) is 7.99. The maximum atomic E-state index is 12.0. The first kappa shape index (κ1) is 10.6. The van der Waals surface area contributed by atoms with E-state index in [-0.39, 0.29) is 5.75 Å². The normalized spacial score (nSPS) is 11.4. The molecular formula is C11H7F3O2. The smallest absolute Gasteiger partial charge is 0.464 e. The Labute approximate surface area is 89.3 Å². The Morgan fingerprint density at radius 3 is 2.50 bits per heavy atom. The summed E-state index contributed by atoms with van der Waals surface area (Å²) < 4.78 is 44.8. The fourth-order valence-corrected chi connectivity index (χ4v) is 1.29. The van der Waals surface area contributed by atoms with Gasteiger partial charge >= 0.3 is 6.36 Å². The third-order valence-corrected chi connectivity index (χ3v) is 1.87. The lowest BCUT2D eigenvalue weighted by Gasteiger charge is -2.09. The lowest BCUT2D eigenvalue weighted by atomic mass is 10.2. The molecule has 0 saturated carbocycles. The van der Waals surface area contributed by atoms with Gasteiger partial charge in [0.05, 0.1) is 6.26 Å². The molecule has 1 aromatic carbocycles. The van der Waals surface area contributed by atoms with E-state index in [0.717, 1.165) is 0 Å². The van der Waals surface area contributed by atoms with Gasteiger partial charge in [0, 0.05) is 5.56 Å². The predicted molar refractivity (Wildman–Crippen MR) is 50.8 cm³/mol. The second kappa shape index (κ2) is 3.92. The van der Waals surface area contributed by atoms with Crippen molar-refractivity contribution in [2.24, 2.45) is 0 Å². The van der Waals surface area contributed by atoms with Crippen molar-refractivity contribution in [2.45, 2.75) is 6.36 Å². The van der Waals surface area contributed by atoms with Crippen LogP contribution in [0.1, 0.15) is 0 Å². The number of ether oxygens (including phenoxy) is 1. The second-order valence-corrected chi connectivity index (χ2v) is 3.05.